The van der Waals surface area contributed by atoms with Gasteiger partial charge in [0.15, 0.2) is 5.82 Å². The van der Waals surface area contributed by atoms with E-state index in [0.717, 1.165) is 24.4 Å². The molecule has 92 valence electrons. The highest BCUT2D eigenvalue weighted by atomic mass is 15.3. The molecule has 0 saturated carbocycles. The van der Waals surface area contributed by atoms with Gasteiger partial charge in [0.1, 0.15) is 6.33 Å². The van der Waals surface area contributed by atoms with Crippen LogP contribution in [-0.2, 0) is 13.5 Å². The fraction of sp³-hybridized carbons (Fsp3) is 0.286. The Balaban J connectivity index is 1.66. The van der Waals surface area contributed by atoms with Gasteiger partial charge in [-0.25, -0.2) is 4.98 Å². The molecule has 0 aliphatic rings. The Morgan fingerprint density at radius 3 is 2.83 bits per heavy atom. The number of aryl methyl sites for hydroxylation is 1. The van der Waals surface area contributed by atoms with Crippen molar-refractivity contribution in [2.45, 2.75) is 6.42 Å². The number of hydrogen-bond acceptors (Lipinski definition) is 3. The molecule has 0 bridgehead atoms. The van der Waals surface area contributed by atoms with Crippen LogP contribution in [0.3, 0.4) is 0 Å². The number of nitrogens with zero attached hydrogens (tertiary/aromatic N) is 3. The molecular weight excluding hydrogens is 224 g/mol. The molecule has 4 nitrogen and oxygen atoms in total. The molecule has 4 heteroatoms. The third-order valence-electron chi connectivity index (χ3n) is 2.39. The van der Waals surface area contributed by atoms with E-state index in [1.165, 1.54) is 0 Å². The molecule has 0 radical (unpaired) electrons. The zero-order chi connectivity index (χ0) is 12.6. The van der Waals surface area contributed by atoms with Gasteiger partial charge in [-0.15, -0.1) is 0 Å². The van der Waals surface area contributed by atoms with Crippen LogP contribution in [0.2, 0.25) is 0 Å². The summed E-state index contributed by atoms with van der Waals surface area (Å²) in [6, 6.07) is 9.98. The summed E-state index contributed by atoms with van der Waals surface area (Å²) in [7, 11) is 1.87. The van der Waals surface area contributed by atoms with Crippen LogP contribution in [0, 0.1) is 11.8 Å². The molecule has 2 rings (SSSR count). The van der Waals surface area contributed by atoms with Gasteiger partial charge < -0.3 is 5.32 Å². The van der Waals surface area contributed by atoms with Crippen molar-refractivity contribution in [1.82, 2.24) is 20.1 Å². The highest BCUT2D eigenvalue weighted by molar-refractivity contribution is 5.33. The minimum atomic E-state index is 0.682. The van der Waals surface area contributed by atoms with E-state index in [4.69, 9.17) is 0 Å². The Bertz CT molecular complexity index is 534. The molecule has 0 aliphatic heterocycles. The van der Waals surface area contributed by atoms with Crippen molar-refractivity contribution in [3.8, 4) is 11.8 Å². The first kappa shape index (κ1) is 12.3. The van der Waals surface area contributed by atoms with Gasteiger partial charge in [-0.1, -0.05) is 30.0 Å². The lowest BCUT2D eigenvalue weighted by Gasteiger charge is -1.96. The van der Waals surface area contributed by atoms with E-state index in [1.54, 1.807) is 11.0 Å². The molecule has 1 aromatic carbocycles. The minimum Gasteiger partial charge on any atom is -0.306 e. The van der Waals surface area contributed by atoms with Crippen LogP contribution in [0.5, 0.6) is 0 Å². The zero-order valence-corrected chi connectivity index (χ0v) is 10.4. The van der Waals surface area contributed by atoms with Gasteiger partial charge in [0.05, 0.1) is 6.54 Å². The Kier molecular flexibility index (Phi) is 4.51. The van der Waals surface area contributed by atoms with Crippen LogP contribution in [-0.4, -0.2) is 27.9 Å². The van der Waals surface area contributed by atoms with Gasteiger partial charge in [0, 0.05) is 25.6 Å². The SMILES string of the molecule is Cn1cnc(CCNCC#Cc2ccccc2)n1. The Hall–Kier alpha value is -2.12. The van der Waals surface area contributed by atoms with Crippen molar-refractivity contribution >= 4 is 0 Å². The van der Waals surface area contributed by atoms with E-state index in [0.29, 0.717) is 6.54 Å². The van der Waals surface area contributed by atoms with Gasteiger partial charge in [-0.3, -0.25) is 4.68 Å². The van der Waals surface area contributed by atoms with E-state index in [2.05, 4.69) is 27.2 Å². The maximum absolute atomic E-state index is 4.21. The fourth-order valence-electron chi connectivity index (χ4n) is 1.52. The second-order valence-electron chi connectivity index (χ2n) is 3.93. The van der Waals surface area contributed by atoms with Crippen LogP contribution in [0.1, 0.15) is 11.4 Å². The molecule has 0 saturated heterocycles. The molecule has 0 amide bonds. The largest absolute Gasteiger partial charge is 0.306 e. The minimum absolute atomic E-state index is 0.682. The maximum atomic E-state index is 4.21. The summed E-state index contributed by atoms with van der Waals surface area (Å²) in [5, 5.41) is 7.46. The normalized spacial score (nSPS) is 9.83. The summed E-state index contributed by atoms with van der Waals surface area (Å²) in [6.45, 7) is 1.52. The van der Waals surface area contributed by atoms with Crippen molar-refractivity contribution in [2.24, 2.45) is 7.05 Å². The highest BCUT2D eigenvalue weighted by Crippen LogP contribution is 1.94. The molecule has 0 unspecified atom stereocenters. The molecule has 1 heterocycles. The summed E-state index contributed by atoms with van der Waals surface area (Å²) in [5.74, 6) is 7.05. The predicted molar refractivity (Wildman–Crippen MR) is 70.9 cm³/mol. The quantitative estimate of drug-likeness (QED) is 0.640. The number of rotatable bonds is 4. The van der Waals surface area contributed by atoms with Crippen LogP contribution in [0.15, 0.2) is 36.7 Å². The second-order valence-corrected chi connectivity index (χ2v) is 3.93. The van der Waals surface area contributed by atoms with Gasteiger partial charge in [-0.2, -0.15) is 5.10 Å². The van der Waals surface area contributed by atoms with Gasteiger partial charge in [0.2, 0.25) is 0 Å². The van der Waals surface area contributed by atoms with Crippen molar-refractivity contribution in [3.63, 3.8) is 0 Å². The first-order valence-corrected chi connectivity index (χ1v) is 5.94. The second kappa shape index (κ2) is 6.58. The van der Waals surface area contributed by atoms with E-state index in [9.17, 15) is 0 Å². The van der Waals surface area contributed by atoms with Crippen molar-refractivity contribution in [2.75, 3.05) is 13.1 Å². The molecule has 0 atom stereocenters. The fourth-order valence-corrected chi connectivity index (χ4v) is 1.52. The molecular formula is C14H16N4. The summed E-state index contributed by atoms with van der Waals surface area (Å²) in [5.41, 5.74) is 1.05. The number of aromatic nitrogens is 3. The van der Waals surface area contributed by atoms with Crippen LogP contribution < -0.4 is 5.32 Å². The lowest BCUT2D eigenvalue weighted by Crippen LogP contribution is -2.17. The lowest BCUT2D eigenvalue weighted by molar-refractivity contribution is 0.700. The number of hydrogen-bond donors (Lipinski definition) is 1. The van der Waals surface area contributed by atoms with Gasteiger partial charge in [0.25, 0.3) is 0 Å². The zero-order valence-electron chi connectivity index (χ0n) is 10.4. The average molecular weight is 240 g/mol. The molecule has 2 aromatic rings. The Morgan fingerprint density at radius 2 is 2.11 bits per heavy atom. The van der Waals surface area contributed by atoms with Crippen LogP contribution in [0.4, 0.5) is 0 Å². The number of nitrogens with one attached hydrogen (secondary N) is 1. The highest BCUT2D eigenvalue weighted by Gasteiger charge is 1.96. The summed E-state index contributed by atoms with van der Waals surface area (Å²) in [6.07, 6.45) is 2.54. The van der Waals surface area contributed by atoms with Crippen molar-refractivity contribution in [1.29, 1.82) is 0 Å². The summed E-state index contributed by atoms with van der Waals surface area (Å²) in [4.78, 5) is 4.16. The molecule has 0 spiro atoms. The summed E-state index contributed by atoms with van der Waals surface area (Å²) >= 11 is 0. The monoisotopic (exact) mass is 240 g/mol. The average Bonchev–Trinajstić information content (AvgIpc) is 2.81. The molecule has 18 heavy (non-hydrogen) atoms. The third-order valence-corrected chi connectivity index (χ3v) is 2.39. The van der Waals surface area contributed by atoms with E-state index in [1.807, 2.05) is 37.4 Å². The maximum Gasteiger partial charge on any atom is 0.151 e. The van der Waals surface area contributed by atoms with Crippen LogP contribution in [0.25, 0.3) is 0 Å². The van der Waals surface area contributed by atoms with E-state index >= 15 is 0 Å². The third kappa shape index (κ3) is 4.04. The lowest BCUT2D eigenvalue weighted by atomic mass is 10.2. The van der Waals surface area contributed by atoms with E-state index < -0.39 is 0 Å². The first-order valence-electron chi connectivity index (χ1n) is 5.94. The van der Waals surface area contributed by atoms with Gasteiger partial charge in [-0.05, 0) is 12.1 Å². The number of benzene rings is 1. The Labute approximate surface area is 107 Å². The van der Waals surface area contributed by atoms with E-state index in [-0.39, 0.29) is 0 Å². The molecule has 1 aromatic heterocycles. The topological polar surface area (TPSA) is 42.7 Å². The van der Waals surface area contributed by atoms with Gasteiger partial charge >= 0.3 is 0 Å². The smallest absolute Gasteiger partial charge is 0.151 e. The van der Waals surface area contributed by atoms with Crippen molar-refractivity contribution in [3.05, 3.63) is 48.0 Å². The standard InChI is InChI=1S/C14H16N4/c1-18-12-16-14(17-18)9-11-15-10-5-8-13-6-3-2-4-7-13/h2-4,6-7,12,15H,9-11H2,1H3. The van der Waals surface area contributed by atoms with Crippen LogP contribution >= 0.6 is 0 Å². The summed E-state index contributed by atoms with van der Waals surface area (Å²) < 4.78 is 1.71. The first-order chi connectivity index (χ1) is 8.84. The molecule has 0 fully saturated rings. The Morgan fingerprint density at radius 1 is 1.28 bits per heavy atom. The van der Waals surface area contributed by atoms with Crippen molar-refractivity contribution < 1.29 is 0 Å². The predicted octanol–water partition coefficient (Wildman–Crippen LogP) is 0.999. The molecule has 0 aliphatic carbocycles. The molecule has 1 N–H and O–H groups in total.